The molecule has 1 fully saturated rings. The fourth-order valence-electron chi connectivity index (χ4n) is 7.26. The average Bonchev–Trinajstić information content (AvgIpc) is 3.10. The van der Waals surface area contributed by atoms with Gasteiger partial charge in [-0.2, -0.15) is 0 Å². The maximum absolute atomic E-state index is 12.0. The minimum atomic E-state index is 0.633. The maximum Gasteiger partial charge on any atom is 0.0524 e. The van der Waals surface area contributed by atoms with E-state index in [1.54, 1.807) is 5.01 Å². The van der Waals surface area contributed by atoms with Crippen molar-refractivity contribution in [3.05, 3.63) is 125 Å². The van der Waals surface area contributed by atoms with Crippen LogP contribution in [0, 0.1) is 4.91 Å². The Labute approximate surface area is 271 Å². The van der Waals surface area contributed by atoms with Gasteiger partial charge in [-0.3, -0.25) is 14.8 Å². The van der Waals surface area contributed by atoms with E-state index in [2.05, 4.69) is 130 Å². The lowest BCUT2D eigenvalue weighted by Gasteiger charge is -2.28. The van der Waals surface area contributed by atoms with E-state index in [1.807, 2.05) is 0 Å². The molecule has 46 heavy (non-hydrogen) atoms. The van der Waals surface area contributed by atoms with Crippen LogP contribution in [0.2, 0.25) is 0 Å². The van der Waals surface area contributed by atoms with Crippen molar-refractivity contribution in [3.63, 3.8) is 0 Å². The molecule has 0 atom stereocenters. The van der Waals surface area contributed by atoms with Crippen LogP contribution in [-0.4, -0.2) is 67.2 Å². The molecule has 0 unspecified atom stereocenters. The van der Waals surface area contributed by atoms with Gasteiger partial charge in [0.2, 0.25) is 0 Å². The molecule has 0 aromatic heterocycles. The summed E-state index contributed by atoms with van der Waals surface area (Å²) < 4.78 is 0. The third-order valence-electron chi connectivity index (χ3n) is 9.64. The van der Waals surface area contributed by atoms with E-state index in [4.69, 9.17) is 0 Å². The van der Waals surface area contributed by atoms with Crippen molar-refractivity contribution in [2.75, 3.05) is 52.4 Å². The van der Waals surface area contributed by atoms with Crippen LogP contribution < -0.4 is 5.32 Å². The first kappa shape index (κ1) is 30.3. The summed E-state index contributed by atoms with van der Waals surface area (Å²) >= 11 is 0. The normalized spacial score (nSPS) is 16.7. The Balaban J connectivity index is 1.07. The number of nitrogens with one attached hydrogen (secondary N) is 1. The van der Waals surface area contributed by atoms with Gasteiger partial charge in [-0.15, -0.1) is 4.91 Å². The Hall–Kier alpha value is -4.36. The van der Waals surface area contributed by atoms with E-state index in [0.29, 0.717) is 13.1 Å². The zero-order valence-corrected chi connectivity index (χ0v) is 26.6. The molecule has 1 aliphatic heterocycles. The lowest BCUT2D eigenvalue weighted by molar-refractivity contribution is 0.182. The van der Waals surface area contributed by atoms with Crippen LogP contribution in [-0.2, 0) is 13.1 Å². The smallest absolute Gasteiger partial charge is 0.0524 e. The van der Waals surface area contributed by atoms with Gasteiger partial charge >= 0.3 is 0 Å². The lowest BCUT2D eigenvalue weighted by atomic mass is 9.96. The largest absolute Gasteiger partial charge is 0.315 e. The van der Waals surface area contributed by atoms with E-state index in [0.717, 1.165) is 65.2 Å². The average molecular weight is 610 g/mol. The van der Waals surface area contributed by atoms with Crippen molar-refractivity contribution >= 4 is 43.1 Å². The third kappa shape index (κ3) is 6.75. The lowest BCUT2D eigenvalue weighted by Crippen LogP contribution is -2.38. The summed E-state index contributed by atoms with van der Waals surface area (Å²) in [5.41, 5.74) is 2.75. The zero-order chi connectivity index (χ0) is 31.1. The molecule has 1 heterocycles. The summed E-state index contributed by atoms with van der Waals surface area (Å²) in [6.45, 7) is 8.56. The van der Waals surface area contributed by atoms with Gasteiger partial charge in [0.25, 0.3) is 0 Å². The topological polar surface area (TPSA) is 51.2 Å². The molecule has 0 aliphatic carbocycles. The highest BCUT2D eigenvalue weighted by atomic mass is 16.3. The van der Waals surface area contributed by atoms with Crippen LogP contribution in [0.5, 0.6) is 0 Å². The third-order valence-corrected chi connectivity index (χ3v) is 9.64. The number of benzene rings is 6. The van der Waals surface area contributed by atoms with Crippen molar-refractivity contribution in [2.24, 2.45) is 5.29 Å². The molecule has 1 N–H and O–H groups in total. The second-order valence-corrected chi connectivity index (χ2v) is 12.6. The molecular formula is C40H43N5O. The molecule has 0 bridgehead atoms. The number of rotatable bonds is 5. The van der Waals surface area contributed by atoms with Gasteiger partial charge in [-0.1, -0.05) is 97.1 Å². The second-order valence-electron chi connectivity index (χ2n) is 12.6. The molecule has 0 spiro atoms. The fourth-order valence-corrected chi connectivity index (χ4v) is 7.26. The van der Waals surface area contributed by atoms with Gasteiger partial charge in [0.05, 0.1) is 11.8 Å². The van der Waals surface area contributed by atoms with Crippen LogP contribution in [0.15, 0.2) is 114 Å². The van der Waals surface area contributed by atoms with Crippen molar-refractivity contribution in [1.29, 1.82) is 0 Å². The number of nitrogens with zero attached hydrogens (tertiary/aromatic N) is 4. The Morgan fingerprint density at radius 3 is 1.46 bits per heavy atom. The molecule has 6 aromatic rings. The first-order valence-corrected chi connectivity index (χ1v) is 16.8. The zero-order valence-electron chi connectivity index (χ0n) is 26.6. The van der Waals surface area contributed by atoms with Crippen molar-refractivity contribution in [1.82, 2.24) is 20.1 Å². The summed E-state index contributed by atoms with van der Waals surface area (Å²) in [6.07, 6.45) is 1.94. The molecule has 0 amide bonds. The standard InChI is InChI=1S/C40H43N5O/c46-42-45-23-10-22-43(29-39-35-15-5-1-11-31(35)27-32-12-2-6-16-36(32)39)24-20-41-19-9-21-44(25-26-45)30-40-37-17-7-3-13-33(37)28-34-14-4-8-18-38(34)40/h1-8,11-18,27-28,41H,9-10,19-26,29-30H2. The highest BCUT2D eigenvalue weighted by Gasteiger charge is 2.17. The molecule has 234 valence electrons. The van der Waals surface area contributed by atoms with E-state index < -0.39 is 0 Å². The number of fused-ring (bicyclic) bond motifs is 4. The van der Waals surface area contributed by atoms with E-state index in [1.165, 1.54) is 54.2 Å². The first-order chi connectivity index (χ1) is 22.8. The molecule has 0 saturated carbocycles. The summed E-state index contributed by atoms with van der Waals surface area (Å²) in [4.78, 5) is 17.1. The Bertz CT molecular complexity index is 1850. The molecule has 6 nitrogen and oxygen atoms in total. The second kappa shape index (κ2) is 14.4. The summed E-state index contributed by atoms with van der Waals surface area (Å²) in [7, 11) is 0. The molecule has 1 saturated heterocycles. The predicted molar refractivity (Wildman–Crippen MR) is 193 cm³/mol. The fraction of sp³-hybridized carbons (Fsp3) is 0.300. The van der Waals surface area contributed by atoms with Crippen LogP contribution in [0.3, 0.4) is 0 Å². The number of nitroso groups, excluding NO2 is 1. The summed E-state index contributed by atoms with van der Waals surface area (Å²) in [5.74, 6) is 0. The van der Waals surface area contributed by atoms with Crippen LogP contribution >= 0.6 is 0 Å². The van der Waals surface area contributed by atoms with Gasteiger partial charge in [0.1, 0.15) is 0 Å². The number of hydrogen-bond donors (Lipinski definition) is 1. The minimum absolute atomic E-state index is 0.633. The Morgan fingerprint density at radius 1 is 0.500 bits per heavy atom. The molecule has 1 aliphatic rings. The molecule has 0 radical (unpaired) electrons. The van der Waals surface area contributed by atoms with E-state index >= 15 is 0 Å². The monoisotopic (exact) mass is 609 g/mol. The summed E-state index contributed by atoms with van der Waals surface area (Å²) in [6, 6.07) is 39.5. The summed E-state index contributed by atoms with van der Waals surface area (Å²) in [5, 5.41) is 19.3. The van der Waals surface area contributed by atoms with Crippen molar-refractivity contribution < 1.29 is 0 Å². The van der Waals surface area contributed by atoms with Crippen LogP contribution in [0.25, 0.3) is 43.1 Å². The molecular weight excluding hydrogens is 566 g/mol. The van der Waals surface area contributed by atoms with Crippen LogP contribution in [0.4, 0.5) is 0 Å². The van der Waals surface area contributed by atoms with E-state index in [-0.39, 0.29) is 0 Å². The molecule has 7 rings (SSSR count). The predicted octanol–water partition coefficient (Wildman–Crippen LogP) is 7.97. The molecule has 6 heteroatoms. The van der Waals surface area contributed by atoms with Gasteiger partial charge in [0.15, 0.2) is 0 Å². The van der Waals surface area contributed by atoms with Crippen LogP contribution in [0.1, 0.15) is 24.0 Å². The van der Waals surface area contributed by atoms with E-state index in [9.17, 15) is 4.91 Å². The highest BCUT2D eigenvalue weighted by molar-refractivity contribution is 6.03. The van der Waals surface area contributed by atoms with Gasteiger partial charge in [-0.05, 0) is 92.3 Å². The SMILES string of the molecule is O=NN1CCCN(Cc2c3ccccc3cc3ccccc23)CCNCCCN(Cc2c3ccccc3cc3ccccc23)CC1. The first-order valence-electron chi connectivity index (χ1n) is 16.8. The van der Waals surface area contributed by atoms with Gasteiger partial charge in [0, 0.05) is 45.8 Å². The Kier molecular flexibility index (Phi) is 9.47. The highest BCUT2D eigenvalue weighted by Crippen LogP contribution is 2.31. The van der Waals surface area contributed by atoms with Crippen molar-refractivity contribution in [3.8, 4) is 0 Å². The minimum Gasteiger partial charge on any atom is -0.315 e. The van der Waals surface area contributed by atoms with Gasteiger partial charge in [-0.25, -0.2) is 0 Å². The maximum atomic E-state index is 12.0. The Morgan fingerprint density at radius 2 is 0.957 bits per heavy atom. The quantitative estimate of drug-likeness (QED) is 0.159. The molecule has 6 aromatic carbocycles. The number of hydrogen-bond acceptors (Lipinski definition) is 5. The van der Waals surface area contributed by atoms with Gasteiger partial charge < -0.3 is 5.32 Å². The van der Waals surface area contributed by atoms with Crippen molar-refractivity contribution in [2.45, 2.75) is 25.9 Å².